The van der Waals surface area contributed by atoms with E-state index in [-0.39, 0.29) is 0 Å². The maximum atomic E-state index is 5.37. The maximum absolute atomic E-state index is 5.37. The molecule has 0 aliphatic heterocycles. The number of guanidine groups is 1. The number of para-hydroxylation sites is 1. The van der Waals surface area contributed by atoms with Crippen LogP contribution in [0.25, 0.3) is 0 Å². The highest BCUT2D eigenvalue weighted by atomic mass is 16.5. The summed E-state index contributed by atoms with van der Waals surface area (Å²) in [4.78, 5) is 4.28. The molecule has 2 rings (SSSR count). The minimum Gasteiger partial charge on any atom is -0.496 e. The molecule has 0 spiro atoms. The minimum absolute atomic E-state index is 0.674. The zero-order chi connectivity index (χ0) is 17.4. The molecule has 4 heteroatoms. The van der Waals surface area contributed by atoms with Crippen molar-refractivity contribution in [3.8, 4) is 5.75 Å². The molecule has 0 aliphatic carbocycles. The molecule has 0 unspecified atom stereocenters. The van der Waals surface area contributed by atoms with Crippen molar-refractivity contribution in [3.05, 3.63) is 64.7 Å². The molecular formula is C20H27N3O. The van der Waals surface area contributed by atoms with Crippen LogP contribution in [0.2, 0.25) is 0 Å². The molecule has 0 saturated carbocycles. The standard InChI is InChI=1S/C20H27N3O/c1-15-9-10-17(16(2)13-15)11-12-22-20(21-3)23-14-18-7-5-6-8-19(18)24-4/h5-10,13H,11-12,14H2,1-4H3,(H2,21,22,23). The van der Waals surface area contributed by atoms with Crippen LogP contribution < -0.4 is 15.4 Å². The molecule has 24 heavy (non-hydrogen) atoms. The fourth-order valence-corrected chi connectivity index (χ4v) is 2.69. The number of aliphatic imine (C=N–C) groups is 1. The number of nitrogens with one attached hydrogen (secondary N) is 2. The van der Waals surface area contributed by atoms with Gasteiger partial charge in [0, 0.05) is 25.7 Å². The second-order valence-electron chi connectivity index (χ2n) is 5.84. The highest BCUT2D eigenvalue weighted by Gasteiger charge is 2.04. The molecule has 0 saturated heterocycles. The van der Waals surface area contributed by atoms with Crippen molar-refractivity contribution in [3.63, 3.8) is 0 Å². The highest BCUT2D eigenvalue weighted by Crippen LogP contribution is 2.16. The number of hydrogen-bond donors (Lipinski definition) is 2. The number of benzene rings is 2. The van der Waals surface area contributed by atoms with Crippen LogP contribution in [0, 0.1) is 13.8 Å². The SMILES string of the molecule is CN=C(NCCc1ccc(C)cc1C)NCc1ccccc1OC. The average molecular weight is 325 g/mol. The molecule has 0 amide bonds. The van der Waals surface area contributed by atoms with E-state index < -0.39 is 0 Å². The monoisotopic (exact) mass is 325 g/mol. The van der Waals surface area contributed by atoms with E-state index in [9.17, 15) is 0 Å². The molecule has 0 fully saturated rings. The number of methoxy groups -OCH3 is 1. The quantitative estimate of drug-likeness (QED) is 0.633. The van der Waals surface area contributed by atoms with Gasteiger partial charge in [0.05, 0.1) is 7.11 Å². The number of nitrogens with zero attached hydrogens (tertiary/aromatic N) is 1. The van der Waals surface area contributed by atoms with Crippen molar-refractivity contribution < 1.29 is 4.74 Å². The molecule has 128 valence electrons. The fraction of sp³-hybridized carbons (Fsp3) is 0.350. The average Bonchev–Trinajstić information content (AvgIpc) is 2.59. The summed E-state index contributed by atoms with van der Waals surface area (Å²) in [6.45, 7) is 5.80. The molecule has 2 aromatic rings. The van der Waals surface area contributed by atoms with Gasteiger partial charge in [0.15, 0.2) is 5.96 Å². The predicted molar refractivity (Wildman–Crippen MR) is 101 cm³/mol. The van der Waals surface area contributed by atoms with E-state index in [1.807, 2.05) is 18.2 Å². The molecule has 0 radical (unpaired) electrons. The second-order valence-corrected chi connectivity index (χ2v) is 5.84. The summed E-state index contributed by atoms with van der Waals surface area (Å²) in [6, 6.07) is 14.6. The van der Waals surface area contributed by atoms with E-state index in [1.165, 1.54) is 16.7 Å². The molecule has 2 N–H and O–H groups in total. The van der Waals surface area contributed by atoms with E-state index >= 15 is 0 Å². The summed E-state index contributed by atoms with van der Waals surface area (Å²) in [7, 11) is 3.48. The van der Waals surface area contributed by atoms with Crippen LogP contribution in [0.5, 0.6) is 5.75 Å². The summed E-state index contributed by atoms with van der Waals surface area (Å²) in [6.07, 6.45) is 0.974. The van der Waals surface area contributed by atoms with Crippen LogP contribution >= 0.6 is 0 Å². The number of aryl methyl sites for hydroxylation is 2. The summed E-state index contributed by atoms with van der Waals surface area (Å²) >= 11 is 0. The Bertz CT molecular complexity index is 695. The largest absolute Gasteiger partial charge is 0.496 e. The number of ether oxygens (including phenoxy) is 1. The van der Waals surface area contributed by atoms with Gasteiger partial charge in [0.2, 0.25) is 0 Å². The lowest BCUT2D eigenvalue weighted by atomic mass is 10.0. The lowest BCUT2D eigenvalue weighted by Gasteiger charge is -2.14. The van der Waals surface area contributed by atoms with Gasteiger partial charge < -0.3 is 15.4 Å². The molecular weight excluding hydrogens is 298 g/mol. The Balaban J connectivity index is 1.84. The third-order valence-corrected chi connectivity index (χ3v) is 4.05. The van der Waals surface area contributed by atoms with Crippen LogP contribution in [0.4, 0.5) is 0 Å². The van der Waals surface area contributed by atoms with Crippen LogP contribution in [-0.4, -0.2) is 26.7 Å². The van der Waals surface area contributed by atoms with Crippen molar-refractivity contribution in [2.75, 3.05) is 20.7 Å². The van der Waals surface area contributed by atoms with Gasteiger partial charge in [-0.25, -0.2) is 0 Å². The lowest BCUT2D eigenvalue weighted by molar-refractivity contribution is 0.409. The van der Waals surface area contributed by atoms with Gasteiger partial charge in [-0.3, -0.25) is 4.99 Å². The first-order valence-corrected chi connectivity index (χ1v) is 8.26. The van der Waals surface area contributed by atoms with Crippen molar-refractivity contribution >= 4 is 5.96 Å². The van der Waals surface area contributed by atoms with E-state index in [0.29, 0.717) is 6.54 Å². The van der Waals surface area contributed by atoms with Crippen molar-refractivity contribution in [2.24, 2.45) is 4.99 Å². The first-order valence-electron chi connectivity index (χ1n) is 8.26. The first-order chi connectivity index (χ1) is 11.6. The van der Waals surface area contributed by atoms with Crippen molar-refractivity contribution in [2.45, 2.75) is 26.8 Å². The van der Waals surface area contributed by atoms with E-state index in [4.69, 9.17) is 4.74 Å². The fourth-order valence-electron chi connectivity index (χ4n) is 2.69. The van der Waals surface area contributed by atoms with E-state index in [0.717, 1.165) is 30.2 Å². The second kappa shape index (κ2) is 8.96. The van der Waals surface area contributed by atoms with Gasteiger partial charge >= 0.3 is 0 Å². The topological polar surface area (TPSA) is 45.7 Å². The van der Waals surface area contributed by atoms with Crippen molar-refractivity contribution in [1.29, 1.82) is 0 Å². The maximum Gasteiger partial charge on any atom is 0.191 e. The zero-order valence-electron chi connectivity index (χ0n) is 15.0. The van der Waals surface area contributed by atoms with Crippen LogP contribution in [0.1, 0.15) is 22.3 Å². The predicted octanol–water partition coefficient (Wildman–Crippen LogP) is 3.22. The summed E-state index contributed by atoms with van der Waals surface area (Å²) in [5.74, 6) is 1.68. The van der Waals surface area contributed by atoms with Gasteiger partial charge in [0.25, 0.3) is 0 Å². The van der Waals surface area contributed by atoms with E-state index in [2.05, 4.69) is 53.7 Å². The number of rotatable bonds is 6. The smallest absolute Gasteiger partial charge is 0.191 e. The normalized spacial score (nSPS) is 11.2. The Kier molecular flexibility index (Phi) is 6.67. The Morgan fingerprint density at radius 2 is 1.83 bits per heavy atom. The van der Waals surface area contributed by atoms with Crippen LogP contribution in [-0.2, 0) is 13.0 Å². The third kappa shape index (κ3) is 5.01. The van der Waals surface area contributed by atoms with Gasteiger partial charge in [0.1, 0.15) is 5.75 Å². The summed E-state index contributed by atoms with van der Waals surface area (Å²) in [5, 5.41) is 6.69. The Morgan fingerprint density at radius 1 is 1.04 bits per heavy atom. The Labute approximate surface area is 145 Å². The minimum atomic E-state index is 0.674. The summed E-state index contributed by atoms with van der Waals surface area (Å²) < 4.78 is 5.37. The molecule has 4 nitrogen and oxygen atoms in total. The lowest BCUT2D eigenvalue weighted by Crippen LogP contribution is -2.38. The Hall–Kier alpha value is -2.49. The van der Waals surface area contributed by atoms with Crippen LogP contribution in [0.3, 0.4) is 0 Å². The molecule has 0 bridgehead atoms. The Morgan fingerprint density at radius 3 is 2.54 bits per heavy atom. The van der Waals surface area contributed by atoms with Crippen LogP contribution in [0.15, 0.2) is 47.5 Å². The van der Waals surface area contributed by atoms with E-state index in [1.54, 1.807) is 14.2 Å². The molecule has 0 aliphatic rings. The van der Waals surface area contributed by atoms with Gasteiger partial charge in [-0.15, -0.1) is 0 Å². The van der Waals surface area contributed by atoms with Gasteiger partial charge in [-0.2, -0.15) is 0 Å². The molecule has 0 aromatic heterocycles. The molecule has 0 heterocycles. The highest BCUT2D eigenvalue weighted by molar-refractivity contribution is 5.79. The number of hydrogen-bond acceptors (Lipinski definition) is 2. The molecule has 0 atom stereocenters. The van der Waals surface area contributed by atoms with Crippen molar-refractivity contribution in [1.82, 2.24) is 10.6 Å². The first kappa shape index (κ1) is 17.9. The zero-order valence-corrected chi connectivity index (χ0v) is 15.0. The van der Waals surface area contributed by atoms with Gasteiger partial charge in [-0.05, 0) is 37.5 Å². The summed E-state index contributed by atoms with van der Waals surface area (Å²) in [5.41, 5.74) is 5.12. The third-order valence-electron chi connectivity index (χ3n) is 4.05. The molecule has 2 aromatic carbocycles. The van der Waals surface area contributed by atoms with Gasteiger partial charge in [-0.1, -0.05) is 42.0 Å².